The van der Waals surface area contributed by atoms with Gasteiger partial charge in [0.1, 0.15) is 10.7 Å². The zero-order valence-electron chi connectivity index (χ0n) is 11.8. The van der Waals surface area contributed by atoms with Gasteiger partial charge in [-0.3, -0.25) is 4.79 Å². The molecule has 1 amide bonds. The first-order valence-electron chi connectivity index (χ1n) is 6.46. The molecule has 0 saturated carbocycles. The predicted octanol–water partition coefficient (Wildman–Crippen LogP) is 0.588. The van der Waals surface area contributed by atoms with Crippen LogP contribution in [0, 0.1) is 0 Å². The summed E-state index contributed by atoms with van der Waals surface area (Å²) in [7, 11) is 0. The Kier molecular flexibility index (Phi) is 4.63. The number of amides is 1. The van der Waals surface area contributed by atoms with Crippen molar-refractivity contribution in [1.29, 1.82) is 0 Å². The van der Waals surface area contributed by atoms with Gasteiger partial charge < -0.3 is 16.8 Å². The standard InChI is InChI=1S/C12H17N7OS/c1-6(2)7-5-8(17-11(13)16-7)10(20)15-4-3-9-18-19-12(14)21-9/h5-6H,3-4H2,1-2H3,(H2,14,19)(H,15,20)(H2,13,16,17). The Balaban J connectivity index is 1.96. The van der Waals surface area contributed by atoms with Crippen molar-refractivity contribution in [2.75, 3.05) is 18.0 Å². The fourth-order valence-electron chi connectivity index (χ4n) is 1.64. The first-order chi connectivity index (χ1) is 9.95. The highest BCUT2D eigenvalue weighted by atomic mass is 32.1. The van der Waals surface area contributed by atoms with Crippen LogP contribution in [-0.4, -0.2) is 32.6 Å². The van der Waals surface area contributed by atoms with Gasteiger partial charge in [0.15, 0.2) is 0 Å². The Hall–Kier alpha value is -2.29. The minimum Gasteiger partial charge on any atom is -0.374 e. The number of nitrogens with zero attached hydrogens (tertiary/aromatic N) is 4. The van der Waals surface area contributed by atoms with Crippen molar-refractivity contribution in [3.63, 3.8) is 0 Å². The average Bonchev–Trinajstić information content (AvgIpc) is 2.83. The summed E-state index contributed by atoms with van der Waals surface area (Å²) in [6, 6.07) is 1.65. The number of carbonyl (C=O) groups is 1. The van der Waals surface area contributed by atoms with Crippen molar-refractivity contribution in [2.45, 2.75) is 26.2 Å². The maximum atomic E-state index is 12.1. The lowest BCUT2D eigenvalue weighted by atomic mass is 10.1. The molecule has 0 atom stereocenters. The maximum absolute atomic E-state index is 12.1. The van der Waals surface area contributed by atoms with E-state index in [9.17, 15) is 4.79 Å². The lowest BCUT2D eigenvalue weighted by Crippen LogP contribution is -2.27. The van der Waals surface area contributed by atoms with Crippen molar-refractivity contribution >= 4 is 28.3 Å². The number of hydrogen-bond acceptors (Lipinski definition) is 8. The number of nitrogen functional groups attached to an aromatic ring is 2. The van der Waals surface area contributed by atoms with E-state index in [2.05, 4.69) is 25.5 Å². The summed E-state index contributed by atoms with van der Waals surface area (Å²) in [6.45, 7) is 4.38. The van der Waals surface area contributed by atoms with Crippen LogP contribution in [0.4, 0.5) is 11.1 Å². The average molecular weight is 307 g/mol. The smallest absolute Gasteiger partial charge is 0.270 e. The molecule has 2 aromatic rings. The largest absolute Gasteiger partial charge is 0.374 e. The molecule has 0 aliphatic rings. The molecule has 0 aliphatic carbocycles. The predicted molar refractivity (Wildman–Crippen MR) is 80.9 cm³/mol. The van der Waals surface area contributed by atoms with Gasteiger partial charge in [0.05, 0.1) is 0 Å². The normalized spacial score (nSPS) is 10.8. The Morgan fingerprint density at radius 1 is 1.33 bits per heavy atom. The molecule has 0 radical (unpaired) electrons. The van der Waals surface area contributed by atoms with Crippen molar-refractivity contribution in [3.05, 3.63) is 22.5 Å². The first-order valence-corrected chi connectivity index (χ1v) is 7.28. The minimum absolute atomic E-state index is 0.100. The van der Waals surface area contributed by atoms with Crippen molar-refractivity contribution in [1.82, 2.24) is 25.5 Å². The highest BCUT2D eigenvalue weighted by molar-refractivity contribution is 7.15. The first kappa shape index (κ1) is 15.1. The summed E-state index contributed by atoms with van der Waals surface area (Å²) in [4.78, 5) is 20.1. The van der Waals surface area contributed by atoms with E-state index in [1.165, 1.54) is 11.3 Å². The summed E-state index contributed by atoms with van der Waals surface area (Å²) in [5.41, 5.74) is 12.1. The molecule has 0 bridgehead atoms. The molecule has 9 heteroatoms. The third kappa shape index (κ3) is 4.09. The van der Waals surface area contributed by atoms with Gasteiger partial charge in [-0.1, -0.05) is 25.2 Å². The van der Waals surface area contributed by atoms with Gasteiger partial charge in [0.25, 0.3) is 5.91 Å². The molecule has 2 rings (SSSR count). The van der Waals surface area contributed by atoms with E-state index in [1.807, 2.05) is 13.8 Å². The lowest BCUT2D eigenvalue weighted by molar-refractivity contribution is 0.0949. The molecule has 0 spiro atoms. The van der Waals surface area contributed by atoms with E-state index >= 15 is 0 Å². The molecule has 0 aliphatic heterocycles. The van der Waals surface area contributed by atoms with Gasteiger partial charge >= 0.3 is 0 Å². The van der Waals surface area contributed by atoms with Crippen LogP contribution in [0.3, 0.4) is 0 Å². The van der Waals surface area contributed by atoms with E-state index < -0.39 is 0 Å². The quantitative estimate of drug-likeness (QED) is 0.736. The molecule has 2 aromatic heterocycles. The maximum Gasteiger partial charge on any atom is 0.270 e. The van der Waals surface area contributed by atoms with Crippen LogP contribution in [0.15, 0.2) is 6.07 Å². The van der Waals surface area contributed by atoms with E-state index in [1.54, 1.807) is 6.07 Å². The van der Waals surface area contributed by atoms with Gasteiger partial charge in [-0.2, -0.15) is 0 Å². The Morgan fingerprint density at radius 3 is 2.71 bits per heavy atom. The Labute approximate surface area is 126 Å². The fourth-order valence-corrected chi connectivity index (χ4v) is 2.25. The van der Waals surface area contributed by atoms with Crippen molar-refractivity contribution < 1.29 is 4.79 Å². The molecule has 112 valence electrons. The number of anilines is 2. The molecule has 0 saturated heterocycles. The van der Waals surface area contributed by atoms with Crippen LogP contribution in [-0.2, 0) is 6.42 Å². The topological polar surface area (TPSA) is 133 Å². The second-order valence-corrected chi connectivity index (χ2v) is 5.82. The highest BCUT2D eigenvalue weighted by Crippen LogP contribution is 2.14. The van der Waals surface area contributed by atoms with E-state index in [-0.39, 0.29) is 23.5 Å². The van der Waals surface area contributed by atoms with Crippen LogP contribution >= 0.6 is 11.3 Å². The zero-order chi connectivity index (χ0) is 15.4. The molecule has 5 N–H and O–H groups in total. The molecular weight excluding hydrogens is 290 g/mol. The van der Waals surface area contributed by atoms with Crippen LogP contribution in [0.5, 0.6) is 0 Å². The molecule has 21 heavy (non-hydrogen) atoms. The van der Waals surface area contributed by atoms with Gasteiger partial charge in [-0.15, -0.1) is 10.2 Å². The van der Waals surface area contributed by atoms with E-state index in [0.29, 0.717) is 18.1 Å². The molecule has 0 fully saturated rings. The second kappa shape index (κ2) is 6.44. The van der Waals surface area contributed by atoms with Gasteiger partial charge in [0.2, 0.25) is 11.1 Å². The Morgan fingerprint density at radius 2 is 2.10 bits per heavy atom. The molecule has 0 aromatic carbocycles. The number of rotatable bonds is 5. The number of aromatic nitrogens is 4. The lowest BCUT2D eigenvalue weighted by Gasteiger charge is -2.08. The van der Waals surface area contributed by atoms with Crippen LogP contribution in [0.1, 0.15) is 41.0 Å². The zero-order valence-corrected chi connectivity index (χ0v) is 12.6. The Bertz CT molecular complexity index is 640. The van der Waals surface area contributed by atoms with Crippen LogP contribution in [0.25, 0.3) is 0 Å². The number of nitrogens with two attached hydrogens (primary N) is 2. The number of nitrogens with one attached hydrogen (secondary N) is 1. The summed E-state index contributed by atoms with van der Waals surface area (Å²) < 4.78 is 0. The van der Waals surface area contributed by atoms with Crippen molar-refractivity contribution in [2.24, 2.45) is 0 Å². The van der Waals surface area contributed by atoms with Gasteiger partial charge in [-0.25, -0.2) is 9.97 Å². The molecule has 2 heterocycles. The van der Waals surface area contributed by atoms with E-state index in [4.69, 9.17) is 11.5 Å². The summed E-state index contributed by atoms with van der Waals surface area (Å²) in [5, 5.41) is 11.6. The second-order valence-electron chi connectivity index (χ2n) is 4.73. The minimum atomic E-state index is -0.288. The van der Waals surface area contributed by atoms with Gasteiger partial charge in [0, 0.05) is 18.7 Å². The number of hydrogen-bond donors (Lipinski definition) is 3. The summed E-state index contributed by atoms with van der Waals surface area (Å²) >= 11 is 1.30. The van der Waals surface area contributed by atoms with Gasteiger partial charge in [-0.05, 0) is 12.0 Å². The highest BCUT2D eigenvalue weighted by Gasteiger charge is 2.12. The third-order valence-corrected chi connectivity index (χ3v) is 3.51. The number of carbonyl (C=O) groups excluding carboxylic acids is 1. The summed E-state index contributed by atoms with van der Waals surface area (Å²) in [5.74, 6) is -0.0158. The fraction of sp³-hybridized carbons (Fsp3) is 0.417. The summed E-state index contributed by atoms with van der Waals surface area (Å²) in [6.07, 6.45) is 0.568. The molecule has 8 nitrogen and oxygen atoms in total. The molecular formula is C12H17N7OS. The molecule has 0 unspecified atom stereocenters. The monoisotopic (exact) mass is 307 g/mol. The van der Waals surface area contributed by atoms with Crippen LogP contribution < -0.4 is 16.8 Å². The van der Waals surface area contributed by atoms with Crippen LogP contribution in [0.2, 0.25) is 0 Å². The van der Waals surface area contributed by atoms with Crippen molar-refractivity contribution in [3.8, 4) is 0 Å². The SMILES string of the molecule is CC(C)c1cc(C(=O)NCCc2nnc(N)s2)nc(N)n1. The van der Waals surface area contributed by atoms with E-state index in [0.717, 1.165) is 10.7 Å². The third-order valence-electron chi connectivity index (χ3n) is 2.69.